The van der Waals surface area contributed by atoms with Crippen molar-refractivity contribution in [3.8, 4) is 0 Å². The summed E-state index contributed by atoms with van der Waals surface area (Å²) in [5, 5.41) is 9.04. The Kier molecular flexibility index (Phi) is 8.39. The van der Waals surface area contributed by atoms with E-state index in [0.717, 1.165) is 25.7 Å². The maximum atomic E-state index is 12.4. The maximum absolute atomic E-state index is 12.4. The number of carboxylic acid groups (broad SMARTS) is 1. The molecule has 0 aliphatic heterocycles. The summed E-state index contributed by atoms with van der Waals surface area (Å²) in [4.78, 5) is 28.7. The van der Waals surface area contributed by atoms with Crippen LogP contribution in [-0.4, -0.2) is 53.5 Å². The van der Waals surface area contributed by atoms with Crippen LogP contribution in [0.4, 0.5) is 0 Å². The lowest BCUT2D eigenvalue weighted by molar-refractivity contribution is -0.145. The van der Waals surface area contributed by atoms with Gasteiger partial charge in [0.15, 0.2) is 5.96 Å². The van der Waals surface area contributed by atoms with Crippen molar-refractivity contribution in [1.82, 2.24) is 4.90 Å². The molecule has 7 N–H and O–H groups in total. The molecular formula is C15H29N5O3. The number of nitrogens with two attached hydrogens (primary N) is 3. The topological polar surface area (TPSA) is 148 Å². The highest BCUT2D eigenvalue weighted by Gasteiger charge is 2.26. The fourth-order valence-corrected chi connectivity index (χ4v) is 2.95. The molecule has 8 nitrogen and oxygen atoms in total. The second-order valence-corrected chi connectivity index (χ2v) is 6.17. The van der Waals surface area contributed by atoms with Gasteiger partial charge in [-0.15, -0.1) is 0 Å². The molecule has 1 rings (SSSR count). The molecule has 0 bridgehead atoms. The number of hydrogen-bond acceptors (Lipinski definition) is 4. The van der Waals surface area contributed by atoms with Gasteiger partial charge in [-0.2, -0.15) is 0 Å². The Morgan fingerprint density at radius 3 is 2.43 bits per heavy atom. The predicted octanol–water partition coefficient (Wildman–Crippen LogP) is -0.139. The fourth-order valence-electron chi connectivity index (χ4n) is 2.95. The van der Waals surface area contributed by atoms with Gasteiger partial charge in [-0.1, -0.05) is 19.3 Å². The van der Waals surface area contributed by atoms with Crippen molar-refractivity contribution < 1.29 is 14.7 Å². The molecule has 132 valence electrons. The molecule has 0 aromatic heterocycles. The number of carbonyl (C=O) groups excluding carboxylic acids is 1. The highest BCUT2D eigenvalue weighted by molar-refractivity contribution is 5.85. The summed E-state index contributed by atoms with van der Waals surface area (Å²) in [6.45, 7) is 0.592. The number of aliphatic imine (C=N–C) groups is 1. The summed E-state index contributed by atoms with van der Waals surface area (Å²) in [5.41, 5.74) is 16.4. The highest BCUT2D eigenvalue weighted by atomic mass is 16.4. The van der Waals surface area contributed by atoms with Gasteiger partial charge in [0.05, 0.1) is 6.04 Å². The van der Waals surface area contributed by atoms with E-state index in [1.807, 2.05) is 0 Å². The summed E-state index contributed by atoms with van der Waals surface area (Å²) in [6, 6.07) is -0.716. The molecule has 0 spiro atoms. The molecule has 0 saturated heterocycles. The second kappa shape index (κ2) is 10.0. The largest absolute Gasteiger partial charge is 0.480 e. The molecule has 8 heteroatoms. The van der Waals surface area contributed by atoms with E-state index in [-0.39, 0.29) is 18.4 Å². The van der Waals surface area contributed by atoms with Gasteiger partial charge in [-0.05, 0) is 31.6 Å². The van der Waals surface area contributed by atoms with Crippen molar-refractivity contribution in [3.63, 3.8) is 0 Å². The number of hydrogen-bond donors (Lipinski definition) is 4. The van der Waals surface area contributed by atoms with Crippen molar-refractivity contribution in [3.05, 3.63) is 0 Å². The molecule has 1 aliphatic carbocycles. The van der Waals surface area contributed by atoms with E-state index in [4.69, 9.17) is 22.3 Å². The Labute approximate surface area is 137 Å². The van der Waals surface area contributed by atoms with Gasteiger partial charge in [0.25, 0.3) is 0 Å². The molecule has 0 aromatic rings. The number of nitrogens with zero attached hydrogens (tertiary/aromatic N) is 2. The Morgan fingerprint density at radius 1 is 1.22 bits per heavy atom. The lowest BCUT2D eigenvalue weighted by Gasteiger charge is -2.30. The predicted molar refractivity (Wildman–Crippen MR) is 88.7 cm³/mol. The number of guanidine groups is 1. The Bertz CT molecular complexity index is 417. The first kappa shape index (κ1) is 19.2. The van der Waals surface area contributed by atoms with Crippen LogP contribution < -0.4 is 17.2 Å². The summed E-state index contributed by atoms with van der Waals surface area (Å²) in [5.74, 6) is -0.930. The molecule has 1 aliphatic rings. The van der Waals surface area contributed by atoms with Crippen LogP contribution in [0.5, 0.6) is 0 Å². The van der Waals surface area contributed by atoms with Gasteiger partial charge in [0.2, 0.25) is 5.91 Å². The molecule has 0 aromatic carbocycles. The van der Waals surface area contributed by atoms with Crippen LogP contribution in [0.25, 0.3) is 0 Å². The number of rotatable bonds is 9. The van der Waals surface area contributed by atoms with Crippen LogP contribution in [-0.2, 0) is 9.59 Å². The van der Waals surface area contributed by atoms with Gasteiger partial charge in [-0.25, -0.2) is 0 Å². The minimum atomic E-state index is -1.01. The summed E-state index contributed by atoms with van der Waals surface area (Å²) >= 11 is 0. The van der Waals surface area contributed by atoms with Crippen molar-refractivity contribution in [2.24, 2.45) is 28.1 Å². The lowest BCUT2D eigenvalue weighted by atomic mass is 9.89. The van der Waals surface area contributed by atoms with Crippen molar-refractivity contribution in [1.29, 1.82) is 0 Å². The first-order valence-corrected chi connectivity index (χ1v) is 8.21. The average molecular weight is 327 g/mol. The average Bonchev–Trinajstić information content (AvgIpc) is 2.50. The third-order valence-electron chi connectivity index (χ3n) is 4.13. The lowest BCUT2D eigenvalue weighted by Crippen LogP contribution is -2.48. The SMILES string of the molecule is NC(N)=NCCC[C@H](N)C(=O)N(CC(=O)O)CC1CCCCC1. The van der Waals surface area contributed by atoms with E-state index in [1.165, 1.54) is 11.3 Å². The Morgan fingerprint density at radius 2 is 1.87 bits per heavy atom. The van der Waals surface area contributed by atoms with E-state index < -0.39 is 12.0 Å². The minimum absolute atomic E-state index is 0.00898. The summed E-state index contributed by atoms with van der Waals surface area (Å²) in [6.07, 6.45) is 6.60. The quantitative estimate of drug-likeness (QED) is 0.263. The zero-order valence-electron chi connectivity index (χ0n) is 13.6. The molecule has 23 heavy (non-hydrogen) atoms. The van der Waals surface area contributed by atoms with Gasteiger partial charge in [0, 0.05) is 13.1 Å². The molecular weight excluding hydrogens is 298 g/mol. The molecule has 0 unspecified atom stereocenters. The normalized spacial score (nSPS) is 16.6. The fraction of sp³-hybridized carbons (Fsp3) is 0.800. The smallest absolute Gasteiger partial charge is 0.323 e. The second-order valence-electron chi connectivity index (χ2n) is 6.17. The molecule has 1 fully saturated rings. The van der Waals surface area contributed by atoms with Crippen LogP contribution in [0.3, 0.4) is 0 Å². The summed E-state index contributed by atoms with van der Waals surface area (Å²) < 4.78 is 0. The third-order valence-corrected chi connectivity index (χ3v) is 4.13. The van der Waals surface area contributed by atoms with Crippen LogP contribution >= 0.6 is 0 Å². The van der Waals surface area contributed by atoms with E-state index in [2.05, 4.69) is 4.99 Å². The van der Waals surface area contributed by atoms with Gasteiger partial charge in [-0.3, -0.25) is 14.6 Å². The van der Waals surface area contributed by atoms with Gasteiger partial charge >= 0.3 is 5.97 Å². The number of carbonyl (C=O) groups is 2. The van der Waals surface area contributed by atoms with Crippen molar-refractivity contribution >= 4 is 17.8 Å². The first-order valence-electron chi connectivity index (χ1n) is 8.21. The number of aliphatic carboxylic acids is 1. The molecule has 0 radical (unpaired) electrons. The van der Waals surface area contributed by atoms with Crippen LogP contribution in [0.2, 0.25) is 0 Å². The standard InChI is InChI=1S/C15H29N5O3/c16-12(7-4-8-19-15(17)18)14(23)20(10-13(21)22)9-11-5-2-1-3-6-11/h11-12H,1-10,16H2,(H,21,22)(H4,17,18,19)/t12-/m0/s1. The monoisotopic (exact) mass is 327 g/mol. The van der Waals surface area contributed by atoms with Crippen LogP contribution in [0.1, 0.15) is 44.9 Å². The van der Waals surface area contributed by atoms with Gasteiger partial charge < -0.3 is 27.2 Å². The Hall–Kier alpha value is -1.83. The van der Waals surface area contributed by atoms with E-state index in [1.54, 1.807) is 0 Å². The number of amides is 1. The maximum Gasteiger partial charge on any atom is 0.323 e. The van der Waals surface area contributed by atoms with E-state index in [9.17, 15) is 9.59 Å². The first-order chi connectivity index (χ1) is 10.9. The molecule has 1 saturated carbocycles. The summed E-state index contributed by atoms with van der Waals surface area (Å²) in [7, 11) is 0. The highest BCUT2D eigenvalue weighted by Crippen LogP contribution is 2.24. The molecule has 0 heterocycles. The zero-order chi connectivity index (χ0) is 17.2. The van der Waals surface area contributed by atoms with Crippen molar-refractivity contribution in [2.75, 3.05) is 19.6 Å². The third kappa shape index (κ3) is 7.83. The van der Waals surface area contributed by atoms with Crippen LogP contribution in [0.15, 0.2) is 4.99 Å². The number of carboxylic acids is 1. The van der Waals surface area contributed by atoms with E-state index in [0.29, 0.717) is 31.8 Å². The van der Waals surface area contributed by atoms with Gasteiger partial charge in [0.1, 0.15) is 6.54 Å². The molecule has 1 atom stereocenters. The van der Waals surface area contributed by atoms with E-state index >= 15 is 0 Å². The minimum Gasteiger partial charge on any atom is -0.480 e. The van der Waals surface area contributed by atoms with Crippen molar-refractivity contribution in [2.45, 2.75) is 51.0 Å². The molecule has 1 amide bonds. The zero-order valence-corrected chi connectivity index (χ0v) is 13.6. The Balaban J connectivity index is 2.52. The van der Waals surface area contributed by atoms with Crippen LogP contribution in [0, 0.1) is 5.92 Å².